The van der Waals surface area contributed by atoms with Crippen molar-refractivity contribution in [3.63, 3.8) is 0 Å². The summed E-state index contributed by atoms with van der Waals surface area (Å²) in [6.45, 7) is 2.78. The van der Waals surface area contributed by atoms with Crippen molar-refractivity contribution < 1.29 is 4.79 Å². The minimum absolute atomic E-state index is 0.106. The molecule has 1 aliphatic carbocycles. The fourth-order valence-corrected chi connectivity index (χ4v) is 4.12. The van der Waals surface area contributed by atoms with Crippen molar-refractivity contribution in [1.29, 1.82) is 0 Å². The van der Waals surface area contributed by atoms with Crippen LogP contribution >= 0.6 is 31.9 Å². The lowest BCUT2D eigenvalue weighted by Crippen LogP contribution is -2.44. The van der Waals surface area contributed by atoms with Crippen LogP contribution in [0.1, 0.15) is 43.0 Å². The smallest absolute Gasteiger partial charge is 0.254 e. The Balaban J connectivity index is 2.16. The molecule has 1 aromatic rings. The Kier molecular flexibility index (Phi) is 5.64. The van der Waals surface area contributed by atoms with Gasteiger partial charge in [-0.05, 0) is 50.8 Å². The number of nitrogens with zero attached hydrogens (tertiary/aromatic N) is 1. The topological polar surface area (TPSA) is 46.3 Å². The van der Waals surface area contributed by atoms with Gasteiger partial charge in [0.05, 0.1) is 0 Å². The highest BCUT2D eigenvalue weighted by Gasteiger charge is 2.27. The molecule has 1 saturated carbocycles. The average molecular weight is 404 g/mol. The number of rotatable bonds is 3. The second-order valence-electron chi connectivity index (χ2n) is 5.32. The van der Waals surface area contributed by atoms with Crippen LogP contribution in [0, 0.1) is 0 Å². The molecule has 2 N–H and O–H groups in total. The quantitative estimate of drug-likeness (QED) is 0.830. The van der Waals surface area contributed by atoms with E-state index in [9.17, 15) is 4.79 Å². The highest BCUT2D eigenvalue weighted by molar-refractivity contribution is 9.11. The number of halogens is 2. The van der Waals surface area contributed by atoms with Gasteiger partial charge >= 0.3 is 0 Å². The molecule has 3 nitrogen and oxygen atoms in total. The molecule has 0 saturated heterocycles. The molecule has 0 spiro atoms. The van der Waals surface area contributed by atoms with Gasteiger partial charge in [0, 0.05) is 33.1 Å². The molecule has 0 aliphatic heterocycles. The minimum Gasteiger partial charge on any atom is -0.336 e. The van der Waals surface area contributed by atoms with Crippen LogP contribution in [0.3, 0.4) is 0 Å². The predicted molar refractivity (Wildman–Crippen MR) is 88.8 cm³/mol. The number of hydrogen-bond donors (Lipinski definition) is 1. The fraction of sp³-hybridized carbons (Fsp3) is 0.533. The van der Waals surface area contributed by atoms with Crippen LogP contribution in [-0.4, -0.2) is 29.4 Å². The van der Waals surface area contributed by atoms with Gasteiger partial charge in [-0.25, -0.2) is 0 Å². The lowest BCUT2D eigenvalue weighted by molar-refractivity contribution is 0.0640. The van der Waals surface area contributed by atoms with E-state index >= 15 is 0 Å². The largest absolute Gasteiger partial charge is 0.336 e. The summed E-state index contributed by atoms with van der Waals surface area (Å²) in [5.74, 6) is 0.106. The molecule has 2 rings (SSSR count). The molecule has 1 aromatic carbocycles. The standard InChI is InChI=1S/C15H20Br2N2O/c1-2-19(14-5-3-13(18)4-6-14)15(20)10-7-11(16)9-12(17)8-10/h7-9,13-14H,2-6,18H2,1H3. The maximum absolute atomic E-state index is 12.7. The third kappa shape index (κ3) is 3.83. The molecule has 1 aliphatic rings. The SMILES string of the molecule is CCN(C(=O)c1cc(Br)cc(Br)c1)C1CCC(N)CC1. The Morgan fingerprint density at radius 1 is 1.20 bits per heavy atom. The maximum Gasteiger partial charge on any atom is 0.254 e. The number of amides is 1. The molecule has 20 heavy (non-hydrogen) atoms. The summed E-state index contributed by atoms with van der Waals surface area (Å²) >= 11 is 6.88. The summed E-state index contributed by atoms with van der Waals surface area (Å²) < 4.78 is 1.83. The molecule has 0 aromatic heterocycles. The summed E-state index contributed by atoms with van der Waals surface area (Å²) in [5.41, 5.74) is 6.67. The molecular weight excluding hydrogens is 384 g/mol. The highest BCUT2D eigenvalue weighted by Crippen LogP contribution is 2.26. The van der Waals surface area contributed by atoms with E-state index in [4.69, 9.17) is 5.73 Å². The lowest BCUT2D eigenvalue weighted by Gasteiger charge is -2.35. The van der Waals surface area contributed by atoms with E-state index in [2.05, 4.69) is 31.9 Å². The number of carbonyl (C=O) groups excluding carboxylic acids is 1. The van der Waals surface area contributed by atoms with E-state index in [0.29, 0.717) is 12.1 Å². The van der Waals surface area contributed by atoms with E-state index in [1.54, 1.807) is 0 Å². The van der Waals surface area contributed by atoms with Gasteiger partial charge in [-0.2, -0.15) is 0 Å². The van der Waals surface area contributed by atoms with Crippen LogP contribution in [0.2, 0.25) is 0 Å². The van der Waals surface area contributed by atoms with Crippen molar-refractivity contribution in [3.8, 4) is 0 Å². The zero-order valence-corrected chi connectivity index (χ0v) is 14.8. The third-order valence-electron chi connectivity index (χ3n) is 3.89. The Hall–Kier alpha value is -0.390. The highest BCUT2D eigenvalue weighted by atomic mass is 79.9. The van der Waals surface area contributed by atoms with Crippen molar-refractivity contribution in [2.45, 2.75) is 44.7 Å². The number of hydrogen-bond acceptors (Lipinski definition) is 2. The summed E-state index contributed by atoms with van der Waals surface area (Å²) in [7, 11) is 0. The van der Waals surface area contributed by atoms with Crippen LogP contribution in [0.25, 0.3) is 0 Å². The van der Waals surface area contributed by atoms with Gasteiger partial charge in [-0.3, -0.25) is 4.79 Å². The number of nitrogens with two attached hydrogens (primary N) is 1. The van der Waals surface area contributed by atoms with E-state index in [1.807, 2.05) is 30.0 Å². The zero-order chi connectivity index (χ0) is 14.7. The van der Waals surface area contributed by atoms with Crippen molar-refractivity contribution in [3.05, 3.63) is 32.7 Å². The van der Waals surface area contributed by atoms with E-state index in [0.717, 1.165) is 46.7 Å². The minimum atomic E-state index is 0.106. The average Bonchev–Trinajstić information content (AvgIpc) is 2.40. The monoisotopic (exact) mass is 402 g/mol. The fourth-order valence-electron chi connectivity index (χ4n) is 2.82. The predicted octanol–water partition coefficient (Wildman–Crippen LogP) is 3.94. The van der Waals surface area contributed by atoms with Crippen LogP contribution in [0.4, 0.5) is 0 Å². The summed E-state index contributed by atoms with van der Waals surface area (Å²) in [6.07, 6.45) is 4.04. The van der Waals surface area contributed by atoms with E-state index in [-0.39, 0.29) is 5.91 Å². The first-order chi connectivity index (χ1) is 9.51. The molecule has 1 amide bonds. The van der Waals surface area contributed by atoms with Crippen molar-refractivity contribution >= 4 is 37.8 Å². The molecular formula is C15H20Br2N2O. The van der Waals surface area contributed by atoms with Gasteiger partial charge in [-0.1, -0.05) is 31.9 Å². The van der Waals surface area contributed by atoms with Gasteiger partial charge in [0.25, 0.3) is 5.91 Å². The zero-order valence-electron chi connectivity index (χ0n) is 11.6. The van der Waals surface area contributed by atoms with Gasteiger partial charge in [-0.15, -0.1) is 0 Å². The van der Waals surface area contributed by atoms with Crippen LogP contribution in [0.15, 0.2) is 27.1 Å². The summed E-state index contributed by atoms with van der Waals surface area (Å²) in [6, 6.07) is 6.33. The molecule has 5 heteroatoms. The molecule has 1 fully saturated rings. The van der Waals surface area contributed by atoms with Crippen LogP contribution < -0.4 is 5.73 Å². The second-order valence-corrected chi connectivity index (χ2v) is 7.15. The van der Waals surface area contributed by atoms with Crippen molar-refractivity contribution in [2.75, 3.05) is 6.54 Å². The summed E-state index contributed by atoms with van der Waals surface area (Å²) in [4.78, 5) is 14.7. The first-order valence-corrected chi connectivity index (χ1v) is 8.62. The normalized spacial score (nSPS) is 22.6. The Labute approximate surface area is 137 Å². The molecule has 0 radical (unpaired) electrons. The van der Waals surface area contributed by atoms with Gasteiger partial charge < -0.3 is 10.6 Å². The Morgan fingerprint density at radius 3 is 2.25 bits per heavy atom. The number of carbonyl (C=O) groups is 1. The van der Waals surface area contributed by atoms with Crippen molar-refractivity contribution in [2.24, 2.45) is 5.73 Å². The Morgan fingerprint density at radius 2 is 1.75 bits per heavy atom. The van der Waals surface area contributed by atoms with Crippen LogP contribution in [0.5, 0.6) is 0 Å². The first-order valence-electron chi connectivity index (χ1n) is 7.04. The third-order valence-corrected chi connectivity index (χ3v) is 4.81. The number of benzene rings is 1. The molecule has 0 unspecified atom stereocenters. The lowest BCUT2D eigenvalue weighted by atomic mass is 9.90. The van der Waals surface area contributed by atoms with E-state index < -0.39 is 0 Å². The van der Waals surface area contributed by atoms with Gasteiger partial charge in [0.1, 0.15) is 0 Å². The first kappa shape index (κ1) is 16.0. The molecule has 0 atom stereocenters. The van der Waals surface area contributed by atoms with E-state index in [1.165, 1.54) is 0 Å². The molecule has 110 valence electrons. The molecule has 0 heterocycles. The van der Waals surface area contributed by atoms with Crippen molar-refractivity contribution in [1.82, 2.24) is 4.90 Å². The van der Waals surface area contributed by atoms with Gasteiger partial charge in [0.15, 0.2) is 0 Å². The van der Waals surface area contributed by atoms with Gasteiger partial charge in [0.2, 0.25) is 0 Å². The maximum atomic E-state index is 12.7. The second kappa shape index (κ2) is 7.05. The molecule has 0 bridgehead atoms. The summed E-state index contributed by atoms with van der Waals surface area (Å²) in [5, 5.41) is 0. The Bertz CT molecular complexity index is 465. The van der Waals surface area contributed by atoms with Crippen LogP contribution in [-0.2, 0) is 0 Å².